The minimum absolute atomic E-state index is 0.578. The lowest BCUT2D eigenvalue weighted by Crippen LogP contribution is -2.17. The zero-order valence-electron chi connectivity index (χ0n) is 7.65. The van der Waals surface area contributed by atoms with Crippen molar-refractivity contribution in [1.29, 1.82) is 0 Å². The van der Waals surface area contributed by atoms with Gasteiger partial charge in [-0.2, -0.15) is 0 Å². The summed E-state index contributed by atoms with van der Waals surface area (Å²) < 4.78 is 3.09. The topological polar surface area (TPSA) is 30.7 Å². The Labute approximate surface area is 90.2 Å². The number of benzene rings is 1. The Hall–Kier alpha value is -0.900. The highest BCUT2D eigenvalue weighted by molar-refractivity contribution is 9.10. The Kier molecular flexibility index (Phi) is 1.83. The van der Waals surface area contributed by atoms with Crippen LogP contribution in [0.25, 0.3) is 11.0 Å². The summed E-state index contributed by atoms with van der Waals surface area (Å²) >= 11 is 3.48. The average molecular weight is 252 g/mol. The third-order valence-corrected chi connectivity index (χ3v) is 3.51. The Morgan fingerprint density at radius 1 is 1.36 bits per heavy atom. The van der Waals surface area contributed by atoms with Crippen LogP contribution < -0.4 is 0 Å². The first kappa shape index (κ1) is 8.41. The second-order valence-electron chi connectivity index (χ2n) is 3.73. The van der Waals surface area contributed by atoms with Gasteiger partial charge in [-0.3, -0.25) is 0 Å². The van der Waals surface area contributed by atoms with Crippen molar-refractivity contribution in [3.05, 3.63) is 22.7 Å². The van der Waals surface area contributed by atoms with Crippen molar-refractivity contribution in [2.24, 2.45) is 0 Å². The summed E-state index contributed by atoms with van der Waals surface area (Å²) in [6.07, 6.45) is 3.80. The SMILES string of the molecule is Brc1cccc2c1nnn2C1CCC1. The van der Waals surface area contributed by atoms with Crippen LogP contribution in [-0.2, 0) is 0 Å². The van der Waals surface area contributed by atoms with Crippen LogP contribution in [-0.4, -0.2) is 15.0 Å². The van der Waals surface area contributed by atoms with Gasteiger partial charge in [0.05, 0.1) is 11.6 Å². The third-order valence-electron chi connectivity index (χ3n) is 2.87. The second-order valence-corrected chi connectivity index (χ2v) is 4.58. The van der Waals surface area contributed by atoms with E-state index in [2.05, 4.69) is 37.0 Å². The molecule has 0 aliphatic heterocycles. The number of halogens is 1. The fraction of sp³-hybridized carbons (Fsp3) is 0.400. The summed E-state index contributed by atoms with van der Waals surface area (Å²) in [5.41, 5.74) is 2.11. The summed E-state index contributed by atoms with van der Waals surface area (Å²) in [6.45, 7) is 0. The van der Waals surface area contributed by atoms with Gasteiger partial charge in [-0.15, -0.1) is 5.10 Å². The van der Waals surface area contributed by atoms with Crippen LogP contribution in [0.5, 0.6) is 0 Å². The summed E-state index contributed by atoms with van der Waals surface area (Å²) in [4.78, 5) is 0. The van der Waals surface area contributed by atoms with E-state index in [0.29, 0.717) is 6.04 Å². The molecule has 72 valence electrons. The monoisotopic (exact) mass is 251 g/mol. The molecule has 0 amide bonds. The predicted molar refractivity (Wildman–Crippen MR) is 58.1 cm³/mol. The molecule has 1 aromatic carbocycles. The van der Waals surface area contributed by atoms with Crippen molar-refractivity contribution in [3.63, 3.8) is 0 Å². The van der Waals surface area contributed by atoms with Gasteiger partial charge < -0.3 is 0 Å². The highest BCUT2D eigenvalue weighted by Crippen LogP contribution is 2.33. The van der Waals surface area contributed by atoms with Crippen molar-refractivity contribution < 1.29 is 0 Å². The molecule has 0 radical (unpaired) electrons. The van der Waals surface area contributed by atoms with E-state index in [0.717, 1.165) is 15.5 Å². The van der Waals surface area contributed by atoms with Gasteiger partial charge in [0, 0.05) is 4.47 Å². The number of aromatic nitrogens is 3. The molecule has 4 heteroatoms. The molecule has 0 unspecified atom stereocenters. The molecule has 1 aliphatic carbocycles. The van der Waals surface area contributed by atoms with E-state index in [1.165, 1.54) is 19.3 Å². The van der Waals surface area contributed by atoms with Gasteiger partial charge in [0.25, 0.3) is 0 Å². The zero-order valence-corrected chi connectivity index (χ0v) is 9.24. The largest absolute Gasteiger partial charge is 0.242 e. The average Bonchev–Trinajstić information content (AvgIpc) is 2.48. The number of rotatable bonds is 1. The fourth-order valence-electron chi connectivity index (χ4n) is 1.83. The minimum Gasteiger partial charge on any atom is -0.242 e. The number of nitrogens with zero attached hydrogens (tertiary/aromatic N) is 3. The van der Waals surface area contributed by atoms with Crippen LogP contribution in [0.3, 0.4) is 0 Å². The highest BCUT2D eigenvalue weighted by atomic mass is 79.9. The van der Waals surface area contributed by atoms with Crippen molar-refractivity contribution in [2.75, 3.05) is 0 Å². The maximum Gasteiger partial charge on any atom is 0.127 e. The molecule has 2 aromatic rings. The predicted octanol–water partition coefficient (Wildman–Crippen LogP) is 2.92. The fourth-order valence-corrected chi connectivity index (χ4v) is 2.26. The standard InChI is InChI=1S/C10H10BrN3/c11-8-5-2-6-9-10(8)12-13-14(9)7-3-1-4-7/h2,5-7H,1,3-4H2. The molecule has 1 fully saturated rings. The molecule has 0 atom stereocenters. The smallest absolute Gasteiger partial charge is 0.127 e. The molecule has 14 heavy (non-hydrogen) atoms. The minimum atomic E-state index is 0.578. The van der Waals surface area contributed by atoms with Crippen LogP contribution in [0.1, 0.15) is 25.3 Å². The van der Waals surface area contributed by atoms with Gasteiger partial charge in [-0.05, 0) is 47.3 Å². The van der Waals surface area contributed by atoms with E-state index in [1.807, 2.05) is 12.1 Å². The van der Waals surface area contributed by atoms with E-state index < -0.39 is 0 Å². The Bertz CT molecular complexity index is 473. The molecule has 0 bridgehead atoms. The lowest BCUT2D eigenvalue weighted by molar-refractivity contribution is 0.292. The molecule has 1 heterocycles. The highest BCUT2D eigenvalue weighted by Gasteiger charge is 2.22. The maximum atomic E-state index is 4.21. The lowest BCUT2D eigenvalue weighted by Gasteiger charge is -2.25. The van der Waals surface area contributed by atoms with Gasteiger partial charge in [0.2, 0.25) is 0 Å². The molecule has 1 saturated carbocycles. The van der Waals surface area contributed by atoms with E-state index in [-0.39, 0.29) is 0 Å². The first-order chi connectivity index (χ1) is 6.86. The quantitative estimate of drug-likeness (QED) is 0.781. The molecule has 0 saturated heterocycles. The molecule has 1 aliphatic rings. The molecular formula is C10H10BrN3. The first-order valence-electron chi connectivity index (χ1n) is 4.85. The van der Waals surface area contributed by atoms with E-state index >= 15 is 0 Å². The molecule has 3 nitrogen and oxygen atoms in total. The molecule has 0 N–H and O–H groups in total. The van der Waals surface area contributed by atoms with Crippen LogP contribution >= 0.6 is 15.9 Å². The van der Waals surface area contributed by atoms with Gasteiger partial charge in [0.15, 0.2) is 0 Å². The Morgan fingerprint density at radius 2 is 2.21 bits per heavy atom. The van der Waals surface area contributed by atoms with Gasteiger partial charge in [-0.1, -0.05) is 11.3 Å². The number of hydrogen-bond donors (Lipinski definition) is 0. The number of hydrogen-bond acceptors (Lipinski definition) is 2. The van der Waals surface area contributed by atoms with Gasteiger partial charge in [-0.25, -0.2) is 4.68 Å². The third kappa shape index (κ3) is 1.10. The normalized spacial score (nSPS) is 17.2. The summed E-state index contributed by atoms with van der Waals surface area (Å²) in [5.74, 6) is 0. The van der Waals surface area contributed by atoms with Crippen LogP contribution in [0.15, 0.2) is 22.7 Å². The first-order valence-corrected chi connectivity index (χ1v) is 5.65. The molecule has 0 spiro atoms. The molecular weight excluding hydrogens is 242 g/mol. The zero-order chi connectivity index (χ0) is 9.54. The van der Waals surface area contributed by atoms with Crippen LogP contribution in [0, 0.1) is 0 Å². The van der Waals surface area contributed by atoms with Crippen molar-refractivity contribution in [2.45, 2.75) is 25.3 Å². The Balaban J connectivity index is 2.20. The van der Waals surface area contributed by atoms with Crippen molar-refractivity contribution >= 4 is 27.0 Å². The van der Waals surface area contributed by atoms with Gasteiger partial charge >= 0.3 is 0 Å². The molecule has 3 rings (SSSR count). The number of fused-ring (bicyclic) bond motifs is 1. The van der Waals surface area contributed by atoms with Crippen LogP contribution in [0.4, 0.5) is 0 Å². The second kappa shape index (κ2) is 3.05. The van der Waals surface area contributed by atoms with Crippen molar-refractivity contribution in [1.82, 2.24) is 15.0 Å². The summed E-state index contributed by atoms with van der Waals surface area (Å²) in [7, 11) is 0. The summed E-state index contributed by atoms with van der Waals surface area (Å²) in [6, 6.07) is 6.69. The Morgan fingerprint density at radius 3 is 2.93 bits per heavy atom. The lowest BCUT2D eigenvalue weighted by atomic mass is 9.93. The van der Waals surface area contributed by atoms with Crippen LogP contribution in [0.2, 0.25) is 0 Å². The maximum absolute atomic E-state index is 4.21. The van der Waals surface area contributed by atoms with E-state index in [1.54, 1.807) is 0 Å². The van der Waals surface area contributed by atoms with E-state index in [4.69, 9.17) is 0 Å². The van der Waals surface area contributed by atoms with E-state index in [9.17, 15) is 0 Å². The molecule has 1 aromatic heterocycles. The van der Waals surface area contributed by atoms with Crippen molar-refractivity contribution in [3.8, 4) is 0 Å². The summed E-state index contributed by atoms with van der Waals surface area (Å²) in [5, 5.41) is 8.40. The van der Waals surface area contributed by atoms with Gasteiger partial charge in [0.1, 0.15) is 5.52 Å².